The summed E-state index contributed by atoms with van der Waals surface area (Å²) in [4.78, 5) is -0.437. The number of thioether (sulfide) groups is 1. The Morgan fingerprint density at radius 3 is 2.12 bits per heavy atom. The molecule has 26 heavy (non-hydrogen) atoms. The molecule has 1 aromatic rings. The Morgan fingerprint density at radius 1 is 1.00 bits per heavy atom. The molecule has 1 atom stereocenters. The molecule has 1 aliphatic rings. The van der Waals surface area contributed by atoms with Crippen molar-refractivity contribution in [2.24, 2.45) is 0 Å². The van der Waals surface area contributed by atoms with Gasteiger partial charge in [0.05, 0.1) is 4.32 Å². The molecular formula is C16H10Br2F7S. The number of hydrogen-bond acceptors (Lipinski definition) is 1. The number of alkyl halides is 8. The van der Waals surface area contributed by atoms with Crippen LogP contribution in [0.25, 0.3) is 0 Å². The quantitative estimate of drug-likeness (QED) is 0.289. The number of halogens is 9. The normalized spacial score (nSPS) is 22.1. The summed E-state index contributed by atoms with van der Waals surface area (Å²) in [6.07, 6.45) is -2.55. The van der Waals surface area contributed by atoms with E-state index in [4.69, 9.17) is 0 Å². The van der Waals surface area contributed by atoms with E-state index in [1.54, 1.807) is 37.6 Å². The highest BCUT2D eigenvalue weighted by Crippen LogP contribution is 2.56. The number of aryl methyl sites for hydroxylation is 1. The van der Waals surface area contributed by atoms with Crippen molar-refractivity contribution in [3.8, 4) is 0 Å². The van der Waals surface area contributed by atoms with Gasteiger partial charge in [0.25, 0.3) is 0 Å². The van der Waals surface area contributed by atoms with Crippen LogP contribution in [0, 0.1) is 13.3 Å². The Bertz CT molecular complexity index is 755. The highest BCUT2D eigenvalue weighted by atomic mass is 79.9. The van der Waals surface area contributed by atoms with Crippen molar-refractivity contribution >= 4 is 43.6 Å². The van der Waals surface area contributed by atoms with Crippen LogP contribution in [0.15, 0.2) is 45.8 Å². The van der Waals surface area contributed by atoms with Gasteiger partial charge in [-0.2, -0.15) is 30.7 Å². The second kappa shape index (κ2) is 7.16. The summed E-state index contributed by atoms with van der Waals surface area (Å²) in [5.74, 6) is -6.18. The molecule has 1 aliphatic carbocycles. The molecule has 1 aromatic carbocycles. The number of rotatable bonds is 4. The molecule has 0 nitrogen and oxygen atoms in total. The van der Waals surface area contributed by atoms with Gasteiger partial charge in [0, 0.05) is 15.8 Å². The van der Waals surface area contributed by atoms with E-state index >= 15 is 0 Å². The molecule has 0 heterocycles. The molecule has 0 N–H and O–H groups in total. The molecule has 10 heteroatoms. The highest BCUT2D eigenvalue weighted by molar-refractivity contribution is 9.12. The molecule has 143 valence electrons. The average Bonchev–Trinajstić information content (AvgIpc) is 2.44. The van der Waals surface area contributed by atoms with E-state index in [1.807, 2.05) is 0 Å². The average molecular weight is 527 g/mol. The monoisotopic (exact) mass is 525 g/mol. The lowest BCUT2D eigenvalue weighted by Gasteiger charge is -2.32. The van der Waals surface area contributed by atoms with Crippen molar-refractivity contribution in [2.75, 3.05) is 0 Å². The van der Waals surface area contributed by atoms with Gasteiger partial charge in [-0.05, 0) is 42.0 Å². The van der Waals surface area contributed by atoms with E-state index in [2.05, 4.69) is 31.9 Å². The minimum absolute atomic E-state index is 0.258. The summed E-state index contributed by atoms with van der Waals surface area (Å²) in [6.45, 7) is 1.76. The topological polar surface area (TPSA) is 0 Å². The van der Waals surface area contributed by atoms with Crippen LogP contribution in [0.3, 0.4) is 0 Å². The zero-order valence-electron chi connectivity index (χ0n) is 12.9. The molecular weight excluding hydrogens is 517 g/mol. The minimum Gasteiger partial charge on any atom is -0.188 e. The fourth-order valence-electron chi connectivity index (χ4n) is 2.26. The predicted octanol–water partition coefficient (Wildman–Crippen LogP) is 7.49. The van der Waals surface area contributed by atoms with E-state index in [-0.39, 0.29) is 4.48 Å². The highest BCUT2D eigenvalue weighted by Gasteiger charge is 2.73. The molecule has 0 aliphatic heterocycles. The summed E-state index contributed by atoms with van der Waals surface area (Å²) >= 11 is 5.62. The largest absolute Gasteiger partial charge is 0.460 e. The van der Waals surface area contributed by atoms with Crippen molar-refractivity contribution in [3.63, 3.8) is 0 Å². The molecule has 0 bridgehead atoms. The van der Waals surface area contributed by atoms with E-state index < -0.39 is 38.3 Å². The summed E-state index contributed by atoms with van der Waals surface area (Å²) in [6, 6.07) is 6.89. The van der Waals surface area contributed by atoms with Gasteiger partial charge < -0.3 is 0 Å². The van der Waals surface area contributed by atoms with Crippen LogP contribution < -0.4 is 0 Å². The molecule has 0 amide bonds. The van der Waals surface area contributed by atoms with Crippen LogP contribution in [-0.2, 0) is 4.32 Å². The summed E-state index contributed by atoms with van der Waals surface area (Å²) in [7, 11) is 0. The molecule has 0 aromatic heterocycles. The van der Waals surface area contributed by atoms with Crippen LogP contribution in [0.2, 0.25) is 0 Å². The SMILES string of the molecule is Cc1ccccc1C1(Br)[CH]C(Br)=CC(SC(F)(F)C(F)(F)C(F)(F)F)=C1. The molecule has 1 radical (unpaired) electrons. The summed E-state index contributed by atoms with van der Waals surface area (Å²) in [5.41, 5.74) is 1.41. The second-order valence-corrected chi connectivity index (χ2v) is 8.91. The lowest BCUT2D eigenvalue weighted by molar-refractivity contribution is -0.330. The Kier molecular flexibility index (Phi) is 6.01. The fourth-order valence-corrected chi connectivity index (χ4v) is 5.39. The molecule has 0 saturated heterocycles. The zero-order chi connectivity index (χ0) is 20.0. The molecule has 0 spiro atoms. The maximum Gasteiger partial charge on any atom is 0.460 e. The van der Waals surface area contributed by atoms with Gasteiger partial charge in [-0.1, -0.05) is 56.1 Å². The molecule has 2 rings (SSSR count). The van der Waals surface area contributed by atoms with E-state index in [0.717, 1.165) is 11.6 Å². The third-order valence-corrected chi connectivity index (χ3v) is 5.83. The van der Waals surface area contributed by atoms with Crippen LogP contribution in [-0.4, -0.2) is 17.4 Å². The smallest absolute Gasteiger partial charge is 0.188 e. The first-order valence-corrected chi connectivity index (χ1v) is 9.32. The van der Waals surface area contributed by atoms with Gasteiger partial charge >= 0.3 is 17.4 Å². The maximum absolute atomic E-state index is 13.7. The van der Waals surface area contributed by atoms with E-state index in [1.165, 1.54) is 6.08 Å². The Balaban J connectivity index is 2.43. The number of benzene rings is 1. The van der Waals surface area contributed by atoms with Gasteiger partial charge in [-0.3, -0.25) is 0 Å². The number of hydrogen-bond donors (Lipinski definition) is 0. The van der Waals surface area contributed by atoms with Gasteiger partial charge in [0.1, 0.15) is 0 Å². The predicted molar refractivity (Wildman–Crippen MR) is 94.7 cm³/mol. The van der Waals surface area contributed by atoms with Crippen LogP contribution in [0.4, 0.5) is 30.7 Å². The van der Waals surface area contributed by atoms with Gasteiger partial charge in [-0.15, -0.1) is 0 Å². The fraction of sp³-hybridized carbons (Fsp3) is 0.312. The first-order chi connectivity index (χ1) is 11.7. The van der Waals surface area contributed by atoms with Crippen molar-refractivity contribution in [1.29, 1.82) is 0 Å². The van der Waals surface area contributed by atoms with Gasteiger partial charge in [0.15, 0.2) is 0 Å². The number of allylic oxidation sites excluding steroid dienone is 3. The van der Waals surface area contributed by atoms with E-state index in [0.29, 0.717) is 5.56 Å². The third-order valence-electron chi connectivity index (χ3n) is 3.51. The van der Waals surface area contributed by atoms with Crippen molar-refractivity contribution < 1.29 is 30.7 Å². The minimum atomic E-state index is -6.37. The molecule has 1 unspecified atom stereocenters. The summed E-state index contributed by atoms with van der Waals surface area (Å²) in [5, 5.41) is -5.38. The van der Waals surface area contributed by atoms with Crippen LogP contribution >= 0.6 is 43.6 Å². The zero-order valence-corrected chi connectivity index (χ0v) is 16.8. The standard InChI is InChI=1S/C16H10Br2F7S/c1-9-4-2-3-5-12(9)13(18)7-10(17)6-11(8-13)26-16(24,25)14(19,20)15(21,22)23/h2-8H,1H3. The Labute approximate surface area is 166 Å². The first kappa shape index (κ1) is 21.8. The second-order valence-electron chi connectivity index (χ2n) is 5.49. The molecule has 0 saturated carbocycles. The van der Waals surface area contributed by atoms with Crippen LogP contribution in [0.5, 0.6) is 0 Å². The lowest BCUT2D eigenvalue weighted by atomic mass is 9.89. The maximum atomic E-state index is 13.7. The van der Waals surface area contributed by atoms with Gasteiger partial charge in [-0.25, -0.2) is 0 Å². The van der Waals surface area contributed by atoms with Gasteiger partial charge in [0.2, 0.25) is 0 Å². The Morgan fingerprint density at radius 2 is 1.58 bits per heavy atom. The first-order valence-electron chi connectivity index (χ1n) is 6.92. The van der Waals surface area contributed by atoms with Crippen molar-refractivity contribution in [1.82, 2.24) is 0 Å². The van der Waals surface area contributed by atoms with Crippen molar-refractivity contribution in [3.05, 3.63) is 63.4 Å². The molecule has 0 fully saturated rings. The third kappa shape index (κ3) is 4.16. The van der Waals surface area contributed by atoms with Crippen LogP contribution in [0.1, 0.15) is 11.1 Å². The summed E-state index contributed by atoms with van der Waals surface area (Å²) < 4.78 is 89.9. The lowest BCUT2D eigenvalue weighted by Crippen LogP contribution is -2.50. The Hall–Kier alpha value is -0.480. The van der Waals surface area contributed by atoms with Crippen molar-refractivity contribution in [2.45, 2.75) is 28.6 Å². The van der Waals surface area contributed by atoms with E-state index in [9.17, 15) is 30.7 Å².